The summed E-state index contributed by atoms with van der Waals surface area (Å²) in [5.74, 6) is 0.477. The standard InChI is InChI=1S/C20H31NO5S2/c1-20(2,3)28(25,26)14-16-5-9-17(10-6-16)19(22)13-15-7-11-18(12-8-15)21-27(4,23)24/h7-8,11-12,16-17,21H,5-6,9-10,13-14H2,1-4H3. The number of Topliss-reactive ketones (excluding diaryl/α,β-unsaturated/α-hetero) is 1. The monoisotopic (exact) mass is 429 g/mol. The van der Waals surface area contributed by atoms with E-state index in [1.165, 1.54) is 0 Å². The number of anilines is 1. The van der Waals surface area contributed by atoms with Crippen LogP contribution in [0.1, 0.15) is 52.0 Å². The lowest BCUT2D eigenvalue weighted by molar-refractivity contribution is -0.123. The van der Waals surface area contributed by atoms with Gasteiger partial charge in [0.05, 0.1) is 16.8 Å². The van der Waals surface area contributed by atoms with Crippen molar-refractivity contribution in [3.05, 3.63) is 29.8 Å². The Hall–Kier alpha value is -1.41. The molecule has 0 unspecified atom stereocenters. The van der Waals surface area contributed by atoms with Gasteiger partial charge < -0.3 is 0 Å². The quantitative estimate of drug-likeness (QED) is 0.718. The number of hydrogen-bond donors (Lipinski definition) is 1. The van der Waals surface area contributed by atoms with Crippen LogP contribution in [0.2, 0.25) is 0 Å². The summed E-state index contributed by atoms with van der Waals surface area (Å²) in [5, 5.41) is 0. The molecule has 28 heavy (non-hydrogen) atoms. The minimum Gasteiger partial charge on any atom is -0.299 e. The first-order chi connectivity index (χ1) is 12.8. The molecular formula is C20H31NO5S2. The Kier molecular flexibility index (Phi) is 6.97. The molecule has 0 atom stereocenters. The van der Waals surface area contributed by atoms with E-state index in [2.05, 4.69) is 4.72 Å². The minimum absolute atomic E-state index is 0.0255. The van der Waals surface area contributed by atoms with Crippen molar-refractivity contribution in [2.75, 3.05) is 16.7 Å². The average Bonchev–Trinajstić information content (AvgIpc) is 2.54. The SMILES string of the molecule is CC(C)(C)S(=O)(=O)CC1CCC(C(=O)Cc2ccc(NS(C)(=O)=O)cc2)CC1. The molecule has 1 aliphatic carbocycles. The Morgan fingerprint density at radius 1 is 1.00 bits per heavy atom. The second-order valence-electron chi connectivity index (χ2n) is 8.83. The first-order valence-electron chi connectivity index (χ1n) is 9.58. The van der Waals surface area contributed by atoms with E-state index < -0.39 is 24.6 Å². The molecule has 0 aliphatic heterocycles. The van der Waals surface area contributed by atoms with Crippen molar-refractivity contribution in [3.63, 3.8) is 0 Å². The van der Waals surface area contributed by atoms with Crippen molar-refractivity contribution in [2.45, 2.75) is 57.6 Å². The topological polar surface area (TPSA) is 97.4 Å². The minimum atomic E-state index is -3.32. The first-order valence-corrected chi connectivity index (χ1v) is 13.1. The molecule has 1 fully saturated rings. The molecule has 0 amide bonds. The van der Waals surface area contributed by atoms with Gasteiger partial charge in [0.15, 0.2) is 9.84 Å². The molecule has 8 heteroatoms. The van der Waals surface area contributed by atoms with Crippen LogP contribution in [0.5, 0.6) is 0 Å². The van der Waals surface area contributed by atoms with E-state index in [9.17, 15) is 21.6 Å². The Balaban J connectivity index is 1.87. The van der Waals surface area contributed by atoms with E-state index in [4.69, 9.17) is 0 Å². The van der Waals surface area contributed by atoms with Crippen LogP contribution >= 0.6 is 0 Å². The van der Waals surface area contributed by atoms with Crippen LogP contribution in [0.15, 0.2) is 24.3 Å². The number of hydrogen-bond acceptors (Lipinski definition) is 5. The summed E-state index contributed by atoms with van der Waals surface area (Å²) in [6.07, 6.45) is 4.40. The average molecular weight is 430 g/mol. The maximum absolute atomic E-state index is 12.6. The lowest BCUT2D eigenvalue weighted by Gasteiger charge is -2.30. The van der Waals surface area contributed by atoms with E-state index in [-0.39, 0.29) is 23.4 Å². The molecule has 0 spiro atoms. The smallest absolute Gasteiger partial charge is 0.229 e. The molecule has 0 saturated heterocycles. The molecule has 1 N–H and O–H groups in total. The van der Waals surface area contributed by atoms with Gasteiger partial charge in [0.25, 0.3) is 0 Å². The van der Waals surface area contributed by atoms with Crippen molar-refractivity contribution in [1.82, 2.24) is 0 Å². The molecule has 6 nitrogen and oxygen atoms in total. The summed E-state index contributed by atoms with van der Waals surface area (Å²) in [7, 11) is -6.45. The lowest BCUT2D eigenvalue weighted by Crippen LogP contribution is -2.35. The molecule has 2 rings (SSSR count). The van der Waals surface area contributed by atoms with E-state index in [0.717, 1.165) is 37.5 Å². The Morgan fingerprint density at radius 2 is 1.54 bits per heavy atom. The molecular weight excluding hydrogens is 398 g/mol. The number of sulfonamides is 1. The van der Waals surface area contributed by atoms with Gasteiger partial charge in [-0.2, -0.15) is 0 Å². The van der Waals surface area contributed by atoms with Gasteiger partial charge in [0.1, 0.15) is 5.78 Å². The van der Waals surface area contributed by atoms with Gasteiger partial charge in [-0.05, 0) is 70.1 Å². The third-order valence-corrected chi connectivity index (χ3v) is 8.71. The molecule has 0 bridgehead atoms. The first kappa shape index (κ1) is 22.9. The number of nitrogens with one attached hydrogen (secondary N) is 1. The van der Waals surface area contributed by atoms with E-state index in [1.807, 2.05) is 0 Å². The van der Waals surface area contributed by atoms with Gasteiger partial charge in [0, 0.05) is 18.0 Å². The van der Waals surface area contributed by atoms with E-state index in [1.54, 1.807) is 45.0 Å². The van der Waals surface area contributed by atoms with Crippen LogP contribution in [0, 0.1) is 11.8 Å². The third kappa shape index (κ3) is 6.58. The molecule has 0 aromatic heterocycles. The van der Waals surface area contributed by atoms with Gasteiger partial charge in [-0.25, -0.2) is 16.8 Å². The summed E-state index contributed by atoms with van der Waals surface area (Å²) >= 11 is 0. The molecule has 158 valence electrons. The molecule has 1 aromatic rings. The highest BCUT2D eigenvalue weighted by Gasteiger charge is 2.34. The second kappa shape index (κ2) is 8.53. The van der Waals surface area contributed by atoms with Crippen molar-refractivity contribution in [1.29, 1.82) is 0 Å². The van der Waals surface area contributed by atoms with Crippen LogP contribution in [0.3, 0.4) is 0 Å². The predicted octanol–water partition coefficient (Wildman–Crippen LogP) is 3.19. The van der Waals surface area contributed by atoms with Crippen LogP contribution in [-0.2, 0) is 31.1 Å². The second-order valence-corrected chi connectivity index (χ2v) is 13.4. The fourth-order valence-electron chi connectivity index (χ4n) is 3.46. The van der Waals surface area contributed by atoms with E-state index in [0.29, 0.717) is 12.1 Å². The zero-order chi connectivity index (χ0) is 21.2. The fraction of sp³-hybridized carbons (Fsp3) is 0.650. The summed E-state index contributed by atoms with van der Waals surface area (Å²) in [6, 6.07) is 6.82. The van der Waals surface area contributed by atoms with Gasteiger partial charge in [-0.3, -0.25) is 9.52 Å². The Bertz CT molecular complexity index is 889. The zero-order valence-electron chi connectivity index (χ0n) is 17.1. The highest BCUT2D eigenvalue weighted by Crippen LogP contribution is 2.33. The predicted molar refractivity (Wildman–Crippen MR) is 113 cm³/mol. The molecule has 0 radical (unpaired) electrons. The largest absolute Gasteiger partial charge is 0.299 e. The van der Waals surface area contributed by atoms with E-state index >= 15 is 0 Å². The highest BCUT2D eigenvalue weighted by molar-refractivity contribution is 7.92. The summed E-state index contributed by atoms with van der Waals surface area (Å²) < 4.78 is 48.9. The number of rotatable bonds is 7. The normalized spacial score (nSPS) is 21.3. The number of carbonyl (C=O) groups excluding carboxylic acids is 1. The number of ketones is 1. The van der Waals surface area contributed by atoms with Crippen LogP contribution in [-0.4, -0.2) is 39.4 Å². The summed E-state index contributed by atoms with van der Waals surface area (Å²) in [5.41, 5.74) is 1.32. The Labute approximate surface area is 169 Å². The summed E-state index contributed by atoms with van der Waals surface area (Å²) in [4.78, 5) is 12.6. The fourth-order valence-corrected chi connectivity index (χ4v) is 5.48. The lowest BCUT2D eigenvalue weighted by atomic mass is 9.79. The van der Waals surface area contributed by atoms with Gasteiger partial charge >= 0.3 is 0 Å². The van der Waals surface area contributed by atoms with Gasteiger partial charge in [-0.15, -0.1) is 0 Å². The third-order valence-electron chi connectivity index (χ3n) is 5.33. The van der Waals surface area contributed by atoms with Gasteiger partial charge in [0.2, 0.25) is 10.0 Å². The highest BCUT2D eigenvalue weighted by atomic mass is 32.2. The van der Waals surface area contributed by atoms with Crippen LogP contribution in [0.25, 0.3) is 0 Å². The molecule has 1 saturated carbocycles. The number of benzene rings is 1. The maximum atomic E-state index is 12.6. The zero-order valence-corrected chi connectivity index (χ0v) is 18.7. The number of sulfone groups is 1. The van der Waals surface area contributed by atoms with Crippen LogP contribution in [0.4, 0.5) is 5.69 Å². The van der Waals surface area contributed by atoms with Crippen LogP contribution < -0.4 is 4.72 Å². The molecule has 1 aliphatic rings. The van der Waals surface area contributed by atoms with Crippen molar-refractivity contribution in [3.8, 4) is 0 Å². The summed E-state index contributed by atoms with van der Waals surface area (Å²) in [6.45, 7) is 5.19. The van der Waals surface area contributed by atoms with Crippen molar-refractivity contribution >= 4 is 31.3 Å². The number of carbonyl (C=O) groups is 1. The van der Waals surface area contributed by atoms with Crippen molar-refractivity contribution < 1.29 is 21.6 Å². The molecule has 0 heterocycles. The maximum Gasteiger partial charge on any atom is 0.229 e. The Morgan fingerprint density at radius 3 is 2.00 bits per heavy atom. The van der Waals surface area contributed by atoms with Gasteiger partial charge in [-0.1, -0.05) is 12.1 Å². The molecule has 1 aromatic carbocycles. The van der Waals surface area contributed by atoms with Crippen molar-refractivity contribution in [2.24, 2.45) is 11.8 Å².